The summed E-state index contributed by atoms with van der Waals surface area (Å²) in [7, 11) is -3.51. The van der Waals surface area contributed by atoms with E-state index in [0.29, 0.717) is 22.0 Å². The Balaban J connectivity index is 1.76. The summed E-state index contributed by atoms with van der Waals surface area (Å²) in [6, 6.07) is 20.8. The smallest absolute Gasteiger partial charge is 0.255 e. The average Bonchev–Trinajstić information content (AvgIpc) is 2.67. The molecule has 3 rings (SSSR count). The highest BCUT2D eigenvalue weighted by atomic mass is 79.9. The van der Waals surface area contributed by atoms with E-state index in [1.165, 1.54) is 4.31 Å². The first-order chi connectivity index (χ1) is 13.7. The van der Waals surface area contributed by atoms with Crippen LogP contribution >= 0.6 is 27.5 Å². The van der Waals surface area contributed by atoms with Gasteiger partial charge in [-0.25, -0.2) is 8.42 Å². The van der Waals surface area contributed by atoms with Crippen LogP contribution in [0.2, 0.25) is 5.02 Å². The number of carbonyl (C=O) groups is 1. The van der Waals surface area contributed by atoms with Gasteiger partial charge in [0.05, 0.1) is 18.5 Å². The van der Waals surface area contributed by atoms with Crippen LogP contribution in [0.3, 0.4) is 0 Å². The second-order valence-corrected chi connectivity index (χ2v) is 9.67. The Hall–Kier alpha value is -2.35. The minimum atomic E-state index is -3.51. The van der Waals surface area contributed by atoms with Crippen LogP contribution in [-0.2, 0) is 16.6 Å². The van der Waals surface area contributed by atoms with Crippen LogP contribution in [-0.4, -0.2) is 20.6 Å². The van der Waals surface area contributed by atoms with Gasteiger partial charge in [-0.1, -0.05) is 45.7 Å². The lowest BCUT2D eigenvalue weighted by Crippen LogP contribution is -2.29. The largest absolute Gasteiger partial charge is 0.322 e. The molecular formula is C21H18BrClN2O3S. The van der Waals surface area contributed by atoms with E-state index in [2.05, 4.69) is 21.2 Å². The third-order valence-electron chi connectivity index (χ3n) is 4.14. The third-order valence-corrected chi connectivity index (χ3v) is 6.05. The summed E-state index contributed by atoms with van der Waals surface area (Å²) < 4.78 is 26.7. The summed E-state index contributed by atoms with van der Waals surface area (Å²) in [6.07, 6.45) is 1.15. The van der Waals surface area contributed by atoms with Gasteiger partial charge in [0.1, 0.15) is 0 Å². The van der Waals surface area contributed by atoms with E-state index < -0.39 is 10.0 Å². The zero-order valence-corrected chi connectivity index (χ0v) is 18.6. The number of sulfonamides is 1. The van der Waals surface area contributed by atoms with Crippen molar-refractivity contribution in [2.75, 3.05) is 15.9 Å². The molecule has 0 heterocycles. The number of amides is 1. The number of hydrogen-bond donors (Lipinski definition) is 1. The molecule has 0 atom stereocenters. The highest BCUT2D eigenvalue weighted by Gasteiger charge is 2.18. The maximum atomic E-state index is 12.4. The molecule has 3 aromatic carbocycles. The Bertz CT molecular complexity index is 1120. The van der Waals surface area contributed by atoms with Gasteiger partial charge in [0.15, 0.2) is 0 Å². The lowest BCUT2D eigenvalue weighted by atomic mass is 10.1. The Morgan fingerprint density at radius 3 is 2.28 bits per heavy atom. The summed E-state index contributed by atoms with van der Waals surface area (Å²) in [6.45, 7) is 0.133. The van der Waals surface area contributed by atoms with Gasteiger partial charge in [0, 0.05) is 20.7 Å². The van der Waals surface area contributed by atoms with E-state index in [-0.39, 0.29) is 12.5 Å². The van der Waals surface area contributed by atoms with Gasteiger partial charge in [-0.05, 0) is 60.2 Å². The fraction of sp³-hybridized carbons (Fsp3) is 0.0952. The van der Waals surface area contributed by atoms with E-state index in [4.69, 9.17) is 11.6 Å². The molecule has 5 nitrogen and oxygen atoms in total. The zero-order chi connectivity index (χ0) is 21.0. The molecule has 0 saturated carbocycles. The van der Waals surface area contributed by atoms with Crippen molar-refractivity contribution in [3.8, 4) is 0 Å². The van der Waals surface area contributed by atoms with Crippen molar-refractivity contribution in [3.63, 3.8) is 0 Å². The van der Waals surface area contributed by atoms with E-state index >= 15 is 0 Å². The van der Waals surface area contributed by atoms with Crippen molar-refractivity contribution < 1.29 is 13.2 Å². The molecular weight excluding hydrogens is 476 g/mol. The van der Waals surface area contributed by atoms with Crippen LogP contribution < -0.4 is 9.62 Å². The Morgan fingerprint density at radius 1 is 1.03 bits per heavy atom. The third kappa shape index (κ3) is 5.82. The molecule has 150 valence electrons. The minimum Gasteiger partial charge on any atom is -0.322 e. The molecule has 0 aliphatic rings. The molecule has 29 heavy (non-hydrogen) atoms. The fourth-order valence-electron chi connectivity index (χ4n) is 2.70. The normalized spacial score (nSPS) is 11.1. The lowest BCUT2D eigenvalue weighted by molar-refractivity contribution is 0.102. The number of nitrogens with zero attached hydrogens (tertiary/aromatic N) is 1. The van der Waals surface area contributed by atoms with Gasteiger partial charge in [0.25, 0.3) is 5.91 Å². The summed E-state index contributed by atoms with van der Waals surface area (Å²) in [5.41, 5.74) is 2.39. The van der Waals surface area contributed by atoms with Crippen LogP contribution in [0.25, 0.3) is 0 Å². The first-order valence-electron chi connectivity index (χ1n) is 8.61. The van der Waals surface area contributed by atoms with Gasteiger partial charge in [0.2, 0.25) is 10.0 Å². The average molecular weight is 494 g/mol. The summed E-state index contributed by atoms with van der Waals surface area (Å²) in [5, 5.41) is 3.28. The van der Waals surface area contributed by atoms with Crippen molar-refractivity contribution in [2.45, 2.75) is 6.54 Å². The molecule has 1 amide bonds. The lowest BCUT2D eigenvalue weighted by Gasteiger charge is -2.22. The van der Waals surface area contributed by atoms with Crippen molar-refractivity contribution in [1.29, 1.82) is 0 Å². The fourth-order valence-corrected chi connectivity index (χ4v) is 4.02. The number of anilines is 2. The van der Waals surface area contributed by atoms with E-state index in [1.54, 1.807) is 60.7 Å². The van der Waals surface area contributed by atoms with Crippen molar-refractivity contribution >= 4 is 54.8 Å². The molecule has 1 N–H and O–H groups in total. The van der Waals surface area contributed by atoms with Crippen LogP contribution in [0, 0.1) is 0 Å². The molecule has 0 saturated heterocycles. The van der Waals surface area contributed by atoms with Crippen molar-refractivity contribution in [3.05, 3.63) is 93.4 Å². The van der Waals surface area contributed by atoms with Crippen molar-refractivity contribution in [2.24, 2.45) is 0 Å². The first-order valence-corrected chi connectivity index (χ1v) is 11.6. The highest BCUT2D eigenvalue weighted by Crippen LogP contribution is 2.24. The van der Waals surface area contributed by atoms with Crippen LogP contribution in [0.15, 0.2) is 77.3 Å². The van der Waals surface area contributed by atoms with Gasteiger partial charge in [-0.15, -0.1) is 0 Å². The topological polar surface area (TPSA) is 66.5 Å². The molecule has 0 bridgehead atoms. The molecule has 0 aromatic heterocycles. The molecule has 0 aliphatic carbocycles. The van der Waals surface area contributed by atoms with Gasteiger partial charge in [-0.2, -0.15) is 0 Å². The van der Waals surface area contributed by atoms with E-state index in [1.807, 2.05) is 12.1 Å². The quantitative estimate of drug-likeness (QED) is 0.505. The monoisotopic (exact) mass is 492 g/mol. The number of hydrogen-bond acceptors (Lipinski definition) is 3. The maximum Gasteiger partial charge on any atom is 0.255 e. The first kappa shape index (κ1) is 21.4. The Kier molecular flexibility index (Phi) is 6.62. The van der Waals surface area contributed by atoms with E-state index in [0.717, 1.165) is 16.3 Å². The Labute approximate surface area is 183 Å². The molecule has 0 fully saturated rings. The summed E-state index contributed by atoms with van der Waals surface area (Å²) in [5.74, 6) is -0.242. The number of benzene rings is 3. The predicted molar refractivity (Wildman–Crippen MR) is 121 cm³/mol. The maximum absolute atomic E-state index is 12.4. The highest BCUT2D eigenvalue weighted by molar-refractivity contribution is 9.10. The molecule has 0 aliphatic heterocycles. The number of carbonyl (C=O) groups excluding carboxylic acids is 1. The molecule has 8 heteroatoms. The van der Waals surface area contributed by atoms with E-state index in [9.17, 15) is 13.2 Å². The standard InChI is InChI=1S/C21H18BrClN2O3S/c1-29(27,28)25(20-4-2-3-18(23)13-20)14-15-5-7-16(8-6-15)21(26)24-19-11-9-17(22)10-12-19/h2-13H,14H2,1H3,(H,24,26). The van der Waals surface area contributed by atoms with Gasteiger partial charge >= 0.3 is 0 Å². The van der Waals surface area contributed by atoms with Gasteiger partial charge < -0.3 is 5.32 Å². The van der Waals surface area contributed by atoms with Gasteiger partial charge in [-0.3, -0.25) is 9.10 Å². The van der Waals surface area contributed by atoms with Crippen LogP contribution in [0.4, 0.5) is 11.4 Å². The number of nitrogens with one attached hydrogen (secondary N) is 1. The number of halogens is 2. The number of rotatable bonds is 6. The van der Waals surface area contributed by atoms with Crippen LogP contribution in [0.5, 0.6) is 0 Å². The zero-order valence-electron chi connectivity index (χ0n) is 15.5. The minimum absolute atomic E-state index is 0.133. The second-order valence-electron chi connectivity index (χ2n) is 6.41. The molecule has 3 aromatic rings. The molecule has 0 unspecified atom stereocenters. The summed E-state index contributed by atoms with van der Waals surface area (Å²) >= 11 is 9.36. The Morgan fingerprint density at radius 2 is 1.69 bits per heavy atom. The molecule has 0 radical (unpaired) electrons. The molecule has 0 spiro atoms. The van der Waals surface area contributed by atoms with Crippen molar-refractivity contribution in [1.82, 2.24) is 0 Å². The van der Waals surface area contributed by atoms with Crippen LogP contribution in [0.1, 0.15) is 15.9 Å². The predicted octanol–water partition coefficient (Wildman–Crippen LogP) is 5.32. The summed E-state index contributed by atoms with van der Waals surface area (Å²) in [4.78, 5) is 12.4. The second kappa shape index (κ2) is 8.98. The SMILES string of the molecule is CS(=O)(=O)N(Cc1ccc(C(=O)Nc2ccc(Br)cc2)cc1)c1cccc(Cl)c1.